The molecule has 1 fully saturated rings. The quantitative estimate of drug-likeness (QED) is 0.620. The molecule has 4 nitrogen and oxygen atoms in total. The van der Waals surface area contributed by atoms with E-state index in [-0.39, 0.29) is 5.97 Å². The minimum Gasteiger partial charge on any atom is -0.493 e. The van der Waals surface area contributed by atoms with Crippen molar-refractivity contribution in [2.24, 2.45) is 5.92 Å². The highest BCUT2D eigenvalue weighted by molar-refractivity contribution is 5.86. The van der Waals surface area contributed by atoms with Crippen LogP contribution in [-0.2, 0) is 21.4 Å². The van der Waals surface area contributed by atoms with Crippen LogP contribution in [0, 0.1) is 5.92 Å². The Labute approximate surface area is 119 Å². The summed E-state index contributed by atoms with van der Waals surface area (Å²) >= 11 is 0. The van der Waals surface area contributed by atoms with Gasteiger partial charge >= 0.3 is 5.97 Å². The van der Waals surface area contributed by atoms with Crippen LogP contribution in [0.2, 0.25) is 0 Å². The van der Waals surface area contributed by atoms with Crippen molar-refractivity contribution >= 4 is 5.97 Å². The van der Waals surface area contributed by atoms with Gasteiger partial charge in [-0.3, -0.25) is 4.79 Å². The number of carbonyl (C=O) groups is 1. The summed E-state index contributed by atoms with van der Waals surface area (Å²) in [5.74, 6) is 1.27. The van der Waals surface area contributed by atoms with Crippen molar-refractivity contribution in [2.75, 3.05) is 27.4 Å². The summed E-state index contributed by atoms with van der Waals surface area (Å²) < 4.78 is 14.9. The highest BCUT2D eigenvalue weighted by Gasteiger charge is 2.52. The Morgan fingerprint density at radius 2 is 2.30 bits per heavy atom. The normalized spacial score (nSPS) is 22.6. The molecule has 1 aromatic carbocycles. The average Bonchev–Trinajstić information content (AvgIpc) is 3.28. The first-order chi connectivity index (χ1) is 9.69. The van der Waals surface area contributed by atoms with E-state index in [1.54, 1.807) is 0 Å². The summed E-state index contributed by atoms with van der Waals surface area (Å²) in [5.41, 5.74) is 1.87. The summed E-state index contributed by atoms with van der Waals surface area (Å²) in [4.78, 5) is 12.0. The standard InChI is InChI=1S/C16H20O4/c1-18-9-11-7-12-8-13(3-4-14(12)20-10-11)16(5-6-16)15(17)19-2/h3-4,8,11H,5-7,9-10H2,1-2H3/p+1. The molecule has 0 spiro atoms. The van der Waals surface area contributed by atoms with Crippen LogP contribution in [0.15, 0.2) is 18.2 Å². The molecule has 1 aromatic rings. The maximum Gasteiger partial charge on any atom is 0.316 e. The van der Waals surface area contributed by atoms with Crippen molar-refractivity contribution in [3.8, 4) is 5.75 Å². The largest absolute Gasteiger partial charge is 0.493 e. The lowest BCUT2D eigenvalue weighted by Gasteiger charge is -2.25. The molecule has 0 saturated heterocycles. The summed E-state index contributed by atoms with van der Waals surface area (Å²) in [6.07, 6.45) is 2.73. The molecule has 108 valence electrons. The molecular weight excluding hydrogens is 256 g/mol. The second-order valence-electron chi connectivity index (χ2n) is 5.78. The summed E-state index contributed by atoms with van der Waals surface area (Å²) in [7, 11) is 3.30. The molecule has 1 aliphatic carbocycles. The number of carbonyl (C=O) groups excluding carboxylic acids is 1. The van der Waals surface area contributed by atoms with Gasteiger partial charge in [-0.05, 0) is 36.5 Å². The SMILES string of the molecule is COC(=O)C1(c2ccc3c(c2)CC(C[OH+]C)CO3)CC1. The van der Waals surface area contributed by atoms with E-state index in [1.807, 2.05) is 19.2 Å². The smallest absolute Gasteiger partial charge is 0.316 e. The summed E-state index contributed by atoms with van der Waals surface area (Å²) in [6.45, 7) is 1.55. The second kappa shape index (κ2) is 5.09. The number of esters is 1. The van der Waals surface area contributed by atoms with E-state index in [1.165, 1.54) is 12.7 Å². The molecule has 0 amide bonds. The van der Waals surface area contributed by atoms with Gasteiger partial charge in [0.15, 0.2) is 6.61 Å². The third-order valence-corrected chi connectivity index (χ3v) is 4.36. The van der Waals surface area contributed by atoms with Crippen LogP contribution in [0.25, 0.3) is 0 Å². The molecule has 4 heteroatoms. The Morgan fingerprint density at radius 1 is 1.50 bits per heavy atom. The first kappa shape index (κ1) is 13.4. The van der Waals surface area contributed by atoms with Crippen LogP contribution in [-0.4, -0.2) is 38.1 Å². The van der Waals surface area contributed by atoms with Gasteiger partial charge in [-0.2, -0.15) is 0 Å². The first-order valence-electron chi connectivity index (χ1n) is 7.10. The zero-order valence-corrected chi connectivity index (χ0v) is 12.0. The lowest BCUT2D eigenvalue weighted by Crippen LogP contribution is -2.27. The molecule has 0 radical (unpaired) electrons. The number of methoxy groups -OCH3 is 1. The van der Waals surface area contributed by atoms with Crippen LogP contribution < -0.4 is 4.74 Å². The Bertz CT molecular complexity index is 519. The van der Waals surface area contributed by atoms with Gasteiger partial charge in [-0.25, -0.2) is 0 Å². The van der Waals surface area contributed by atoms with Crippen LogP contribution in [0.1, 0.15) is 24.0 Å². The first-order valence-corrected chi connectivity index (χ1v) is 7.10. The molecule has 1 saturated carbocycles. The van der Waals surface area contributed by atoms with Gasteiger partial charge < -0.3 is 14.2 Å². The molecule has 1 aliphatic heterocycles. The Hall–Kier alpha value is -1.55. The summed E-state index contributed by atoms with van der Waals surface area (Å²) in [6, 6.07) is 6.13. The number of fused-ring (bicyclic) bond motifs is 1. The fraction of sp³-hybridized carbons (Fsp3) is 0.562. The molecular formula is C16H21O4+. The number of benzene rings is 1. The maximum atomic E-state index is 12.0. The predicted octanol–water partition coefficient (Wildman–Crippen LogP) is 1.60. The molecule has 1 heterocycles. The van der Waals surface area contributed by atoms with E-state index in [9.17, 15) is 4.79 Å². The van der Waals surface area contributed by atoms with E-state index in [2.05, 4.69) is 10.8 Å². The zero-order chi connectivity index (χ0) is 14.2. The molecule has 1 N–H and O–H groups in total. The van der Waals surface area contributed by atoms with Gasteiger partial charge in [-0.15, -0.1) is 0 Å². The monoisotopic (exact) mass is 277 g/mol. The van der Waals surface area contributed by atoms with Crippen molar-refractivity contribution in [3.63, 3.8) is 0 Å². The minimum absolute atomic E-state index is 0.116. The van der Waals surface area contributed by atoms with Gasteiger partial charge in [-0.1, -0.05) is 12.1 Å². The van der Waals surface area contributed by atoms with Gasteiger partial charge in [0.05, 0.1) is 25.0 Å². The van der Waals surface area contributed by atoms with Gasteiger partial charge in [0.2, 0.25) is 0 Å². The van der Waals surface area contributed by atoms with Gasteiger partial charge in [0, 0.05) is 0 Å². The number of rotatable bonds is 4. The lowest BCUT2D eigenvalue weighted by atomic mass is 9.90. The van der Waals surface area contributed by atoms with Gasteiger partial charge in [0.25, 0.3) is 0 Å². The third-order valence-electron chi connectivity index (χ3n) is 4.36. The highest BCUT2D eigenvalue weighted by Crippen LogP contribution is 2.50. The highest BCUT2D eigenvalue weighted by atomic mass is 16.5. The third kappa shape index (κ3) is 2.18. The predicted molar refractivity (Wildman–Crippen MR) is 75.1 cm³/mol. The van der Waals surface area contributed by atoms with Crippen molar-refractivity contribution in [3.05, 3.63) is 29.3 Å². The van der Waals surface area contributed by atoms with Crippen LogP contribution in [0.3, 0.4) is 0 Å². The number of hydrogen-bond donors (Lipinski definition) is 0. The van der Waals surface area contributed by atoms with E-state index in [4.69, 9.17) is 9.47 Å². The topological polar surface area (TPSA) is 48.3 Å². The van der Waals surface area contributed by atoms with Crippen molar-refractivity contribution in [2.45, 2.75) is 24.7 Å². The van der Waals surface area contributed by atoms with E-state index < -0.39 is 5.41 Å². The Morgan fingerprint density at radius 3 is 2.95 bits per heavy atom. The van der Waals surface area contributed by atoms with Gasteiger partial charge in [0.1, 0.15) is 12.9 Å². The fourth-order valence-electron chi connectivity index (χ4n) is 3.06. The molecule has 2 aliphatic rings. The van der Waals surface area contributed by atoms with E-state index in [0.717, 1.165) is 43.8 Å². The van der Waals surface area contributed by atoms with Crippen LogP contribution in [0.5, 0.6) is 5.75 Å². The fourth-order valence-corrected chi connectivity index (χ4v) is 3.06. The minimum atomic E-state index is -0.397. The van der Waals surface area contributed by atoms with Crippen LogP contribution >= 0.6 is 0 Å². The molecule has 0 bridgehead atoms. The molecule has 3 rings (SSSR count). The number of hydrogen-bond acceptors (Lipinski definition) is 3. The molecule has 1 unspecified atom stereocenters. The lowest BCUT2D eigenvalue weighted by molar-refractivity contribution is -0.143. The number of ether oxygens (including phenoxy) is 3. The molecule has 1 atom stereocenters. The second-order valence-corrected chi connectivity index (χ2v) is 5.78. The molecule has 20 heavy (non-hydrogen) atoms. The number of aliphatic hydroxyl groups is 2. The Kier molecular flexibility index (Phi) is 3.42. The summed E-state index contributed by atoms with van der Waals surface area (Å²) in [5, 5.41) is 0. The molecule has 0 aromatic heterocycles. The van der Waals surface area contributed by atoms with Crippen molar-refractivity contribution in [1.29, 1.82) is 0 Å². The van der Waals surface area contributed by atoms with Crippen LogP contribution in [0.4, 0.5) is 0 Å². The Balaban J connectivity index is 1.86. The zero-order valence-electron chi connectivity index (χ0n) is 12.0. The average molecular weight is 277 g/mol. The van der Waals surface area contributed by atoms with E-state index >= 15 is 0 Å². The van der Waals surface area contributed by atoms with E-state index in [0.29, 0.717) is 5.92 Å². The maximum absolute atomic E-state index is 12.0. The van der Waals surface area contributed by atoms with Crippen molar-refractivity contribution in [1.82, 2.24) is 0 Å². The van der Waals surface area contributed by atoms with Crippen molar-refractivity contribution < 1.29 is 19.0 Å².